The number of benzene rings is 1. The number of aromatic nitrogens is 5. The Kier molecular flexibility index (Phi) is 4.57. The normalized spacial score (nSPS) is 11.1. The van der Waals surface area contributed by atoms with Crippen LogP contribution in [0, 0.1) is 0 Å². The van der Waals surface area contributed by atoms with Crippen LogP contribution in [-0.2, 0) is 17.9 Å². The molecule has 0 radical (unpaired) electrons. The molecule has 0 aliphatic rings. The predicted octanol–water partition coefficient (Wildman–Crippen LogP) is 3.57. The van der Waals surface area contributed by atoms with Crippen LogP contribution in [0.15, 0.2) is 84.0 Å². The third-order valence-corrected chi connectivity index (χ3v) is 4.75. The summed E-state index contributed by atoms with van der Waals surface area (Å²) in [7, 11) is 0. The highest BCUT2D eigenvalue weighted by Crippen LogP contribution is 2.26. The van der Waals surface area contributed by atoms with Crippen LogP contribution >= 0.6 is 0 Å². The smallest absolute Gasteiger partial charge is 0.247 e. The van der Waals surface area contributed by atoms with Gasteiger partial charge in [0, 0.05) is 35.0 Å². The zero-order valence-corrected chi connectivity index (χ0v) is 16.0. The van der Waals surface area contributed by atoms with Crippen LogP contribution in [-0.4, -0.2) is 30.5 Å². The quantitative estimate of drug-likeness (QED) is 0.472. The largest absolute Gasteiger partial charge is 0.467 e. The van der Waals surface area contributed by atoms with Gasteiger partial charge in [-0.1, -0.05) is 24.3 Å². The standard InChI is InChI=1S/C22H18N6O2/c29-21(26-20-8-10-24-28(20)14-18-6-3-11-30-18)15-27-13-17(12-25-27)19-7-1-4-16-5-2-9-23-22(16)19/h1-13H,14-15H2,(H,26,29). The van der Waals surface area contributed by atoms with Crippen molar-refractivity contribution in [2.24, 2.45) is 0 Å². The minimum atomic E-state index is -0.193. The van der Waals surface area contributed by atoms with Crippen LogP contribution in [0.5, 0.6) is 0 Å². The van der Waals surface area contributed by atoms with Crippen LogP contribution in [0.4, 0.5) is 5.82 Å². The molecule has 148 valence electrons. The number of furan rings is 1. The maximum absolute atomic E-state index is 12.5. The molecule has 1 amide bonds. The second kappa shape index (κ2) is 7.67. The average Bonchev–Trinajstić information content (AvgIpc) is 3.52. The Hall–Kier alpha value is -4.20. The lowest BCUT2D eigenvalue weighted by Gasteiger charge is -2.08. The Balaban J connectivity index is 1.30. The summed E-state index contributed by atoms with van der Waals surface area (Å²) in [5.41, 5.74) is 2.80. The Morgan fingerprint density at radius 1 is 1.03 bits per heavy atom. The van der Waals surface area contributed by atoms with Gasteiger partial charge in [-0.3, -0.25) is 14.5 Å². The molecule has 4 heterocycles. The molecule has 0 fully saturated rings. The fraction of sp³-hybridized carbons (Fsp3) is 0.0909. The number of amides is 1. The molecule has 5 rings (SSSR count). The van der Waals surface area contributed by atoms with Crippen molar-refractivity contribution >= 4 is 22.6 Å². The SMILES string of the molecule is O=C(Cn1cc(-c2cccc3cccnc23)cn1)Nc1ccnn1Cc1ccco1. The first-order valence-electron chi connectivity index (χ1n) is 9.47. The number of nitrogens with one attached hydrogen (secondary N) is 1. The number of anilines is 1. The lowest BCUT2D eigenvalue weighted by atomic mass is 10.1. The fourth-order valence-corrected chi connectivity index (χ4v) is 3.37. The van der Waals surface area contributed by atoms with Crippen molar-refractivity contribution in [3.05, 3.63) is 85.3 Å². The second-order valence-corrected chi connectivity index (χ2v) is 6.81. The van der Waals surface area contributed by atoms with Crippen LogP contribution in [0.3, 0.4) is 0 Å². The Bertz CT molecular complexity index is 1300. The van der Waals surface area contributed by atoms with E-state index in [2.05, 4.69) is 20.5 Å². The van der Waals surface area contributed by atoms with Gasteiger partial charge in [0.05, 0.1) is 24.2 Å². The number of para-hydroxylation sites is 1. The van der Waals surface area contributed by atoms with E-state index in [-0.39, 0.29) is 12.5 Å². The van der Waals surface area contributed by atoms with Crippen molar-refractivity contribution in [1.82, 2.24) is 24.5 Å². The Morgan fingerprint density at radius 2 is 1.97 bits per heavy atom. The number of carbonyl (C=O) groups is 1. The average molecular weight is 398 g/mol. The van der Waals surface area contributed by atoms with Crippen molar-refractivity contribution in [2.45, 2.75) is 13.1 Å². The topological polar surface area (TPSA) is 90.8 Å². The summed E-state index contributed by atoms with van der Waals surface area (Å²) in [4.78, 5) is 17.0. The van der Waals surface area contributed by atoms with E-state index in [0.717, 1.165) is 27.8 Å². The van der Waals surface area contributed by atoms with E-state index in [4.69, 9.17) is 4.42 Å². The minimum absolute atomic E-state index is 0.0874. The van der Waals surface area contributed by atoms with Crippen molar-refractivity contribution in [2.75, 3.05) is 5.32 Å². The van der Waals surface area contributed by atoms with Gasteiger partial charge in [-0.05, 0) is 18.2 Å². The van der Waals surface area contributed by atoms with Gasteiger partial charge in [0.15, 0.2) is 0 Å². The van der Waals surface area contributed by atoms with Crippen LogP contribution in [0.25, 0.3) is 22.0 Å². The molecule has 0 saturated heterocycles. The molecule has 8 nitrogen and oxygen atoms in total. The summed E-state index contributed by atoms with van der Waals surface area (Å²) in [6.07, 6.45) is 8.62. The third kappa shape index (κ3) is 3.58. The van der Waals surface area contributed by atoms with Crippen molar-refractivity contribution in [1.29, 1.82) is 0 Å². The van der Waals surface area contributed by atoms with Gasteiger partial charge in [-0.25, -0.2) is 4.68 Å². The second-order valence-electron chi connectivity index (χ2n) is 6.81. The summed E-state index contributed by atoms with van der Waals surface area (Å²) in [6, 6.07) is 15.4. The zero-order valence-electron chi connectivity index (χ0n) is 16.0. The number of pyridine rings is 1. The maximum Gasteiger partial charge on any atom is 0.247 e. The van der Waals surface area contributed by atoms with E-state index in [1.165, 1.54) is 0 Å². The fourth-order valence-electron chi connectivity index (χ4n) is 3.37. The van der Waals surface area contributed by atoms with Gasteiger partial charge in [-0.2, -0.15) is 10.2 Å². The summed E-state index contributed by atoms with van der Waals surface area (Å²) in [6.45, 7) is 0.528. The van der Waals surface area contributed by atoms with E-state index in [1.807, 2.05) is 48.7 Å². The molecule has 0 aliphatic carbocycles. The van der Waals surface area contributed by atoms with Crippen LogP contribution in [0.2, 0.25) is 0 Å². The molecule has 30 heavy (non-hydrogen) atoms. The molecule has 0 aliphatic heterocycles. The van der Waals surface area contributed by atoms with E-state index in [9.17, 15) is 4.79 Å². The minimum Gasteiger partial charge on any atom is -0.467 e. The van der Waals surface area contributed by atoms with E-state index >= 15 is 0 Å². The summed E-state index contributed by atoms with van der Waals surface area (Å²) >= 11 is 0. The zero-order chi connectivity index (χ0) is 20.3. The highest BCUT2D eigenvalue weighted by Gasteiger charge is 2.12. The molecule has 5 aromatic rings. The molecular weight excluding hydrogens is 380 g/mol. The predicted molar refractivity (Wildman–Crippen MR) is 112 cm³/mol. The van der Waals surface area contributed by atoms with Gasteiger partial charge in [0.1, 0.15) is 24.7 Å². The molecule has 0 unspecified atom stereocenters. The molecule has 1 aromatic carbocycles. The molecule has 8 heteroatoms. The number of hydrogen-bond donors (Lipinski definition) is 1. The number of rotatable bonds is 6. The molecular formula is C22H18N6O2. The number of fused-ring (bicyclic) bond motifs is 1. The molecule has 0 bridgehead atoms. The molecule has 1 N–H and O–H groups in total. The molecule has 0 atom stereocenters. The number of nitrogens with zero attached hydrogens (tertiary/aromatic N) is 5. The van der Waals surface area contributed by atoms with Crippen LogP contribution < -0.4 is 5.32 Å². The third-order valence-electron chi connectivity index (χ3n) is 4.75. The van der Waals surface area contributed by atoms with Crippen LogP contribution in [0.1, 0.15) is 5.76 Å². The van der Waals surface area contributed by atoms with Gasteiger partial charge >= 0.3 is 0 Å². The number of carbonyl (C=O) groups excluding carboxylic acids is 1. The first-order chi connectivity index (χ1) is 14.8. The monoisotopic (exact) mass is 398 g/mol. The van der Waals surface area contributed by atoms with Gasteiger partial charge in [0.25, 0.3) is 0 Å². The summed E-state index contributed by atoms with van der Waals surface area (Å²) in [5, 5.41) is 12.5. The van der Waals surface area contributed by atoms with Gasteiger partial charge < -0.3 is 9.73 Å². The molecule has 4 aromatic heterocycles. The first kappa shape index (κ1) is 17.9. The van der Waals surface area contributed by atoms with Crippen molar-refractivity contribution in [3.63, 3.8) is 0 Å². The number of hydrogen-bond acceptors (Lipinski definition) is 5. The Labute approximate surface area is 171 Å². The van der Waals surface area contributed by atoms with E-state index in [0.29, 0.717) is 12.4 Å². The summed E-state index contributed by atoms with van der Waals surface area (Å²) in [5.74, 6) is 1.17. The highest BCUT2D eigenvalue weighted by atomic mass is 16.3. The first-order valence-corrected chi connectivity index (χ1v) is 9.47. The molecule has 0 saturated carbocycles. The van der Waals surface area contributed by atoms with Crippen molar-refractivity contribution < 1.29 is 9.21 Å². The van der Waals surface area contributed by atoms with E-state index < -0.39 is 0 Å². The van der Waals surface area contributed by atoms with Gasteiger partial charge in [0.2, 0.25) is 5.91 Å². The Morgan fingerprint density at radius 3 is 2.87 bits per heavy atom. The summed E-state index contributed by atoms with van der Waals surface area (Å²) < 4.78 is 8.63. The molecule has 0 spiro atoms. The van der Waals surface area contributed by atoms with E-state index in [1.54, 1.807) is 40.3 Å². The lowest BCUT2D eigenvalue weighted by molar-refractivity contribution is -0.116. The maximum atomic E-state index is 12.5. The van der Waals surface area contributed by atoms with Gasteiger partial charge in [-0.15, -0.1) is 0 Å². The van der Waals surface area contributed by atoms with Crippen molar-refractivity contribution in [3.8, 4) is 11.1 Å². The highest BCUT2D eigenvalue weighted by molar-refractivity contribution is 5.93. The lowest BCUT2D eigenvalue weighted by Crippen LogP contribution is -2.21.